The van der Waals surface area contributed by atoms with Gasteiger partial charge >= 0.3 is 0 Å². The third-order valence-corrected chi connectivity index (χ3v) is 1.53. The van der Waals surface area contributed by atoms with Gasteiger partial charge in [0.2, 0.25) is 0 Å². The maximum atomic E-state index is 2.14. The predicted octanol–water partition coefficient (Wildman–Crippen LogP) is 3.56. The van der Waals surface area contributed by atoms with Crippen molar-refractivity contribution < 1.29 is 0 Å². The second-order valence-corrected chi connectivity index (χ2v) is 2.57. The van der Waals surface area contributed by atoms with E-state index in [0.717, 1.165) is 12.8 Å². The monoisotopic (exact) mass is 158 g/mol. The zero-order valence-electron chi connectivity index (χ0n) is 7.19. The van der Waals surface area contributed by atoms with Crippen LogP contribution < -0.4 is 0 Å². The van der Waals surface area contributed by atoms with Gasteiger partial charge in [0.15, 0.2) is 0 Å². The highest BCUT2D eigenvalue weighted by molar-refractivity contribution is 5.15. The van der Waals surface area contributed by atoms with Gasteiger partial charge in [-0.1, -0.05) is 60.8 Å². The summed E-state index contributed by atoms with van der Waals surface area (Å²) in [4.78, 5) is 0. The molecule has 0 unspecified atom stereocenters. The molecule has 0 heterocycles. The number of allylic oxidation sites excluding steroid dienone is 10. The molecule has 0 saturated carbocycles. The minimum absolute atomic E-state index is 1.01. The fourth-order valence-corrected chi connectivity index (χ4v) is 0.914. The van der Waals surface area contributed by atoms with Crippen molar-refractivity contribution in [2.45, 2.75) is 12.8 Å². The van der Waals surface area contributed by atoms with Gasteiger partial charge in [0, 0.05) is 0 Å². The van der Waals surface area contributed by atoms with Gasteiger partial charge in [0.1, 0.15) is 0 Å². The third-order valence-electron chi connectivity index (χ3n) is 1.53. The van der Waals surface area contributed by atoms with Crippen molar-refractivity contribution in [3.05, 3.63) is 60.8 Å². The molecule has 1 aliphatic rings. The van der Waals surface area contributed by atoms with Gasteiger partial charge in [-0.05, 0) is 12.8 Å². The van der Waals surface area contributed by atoms with E-state index >= 15 is 0 Å². The maximum absolute atomic E-state index is 2.14. The molecule has 62 valence electrons. The molecule has 0 saturated heterocycles. The van der Waals surface area contributed by atoms with E-state index in [4.69, 9.17) is 0 Å². The second-order valence-electron chi connectivity index (χ2n) is 2.57. The Morgan fingerprint density at radius 2 is 0.750 bits per heavy atom. The molecule has 0 atom stereocenters. The fraction of sp³-hybridized carbons (Fsp3) is 0.167. The minimum Gasteiger partial charge on any atom is -0.0808 e. The summed E-state index contributed by atoms with van der Waals surface area (Å²) < 4.78 is 0. The molecule has 0 nitrogen and oxygen atoms in total. The van der Waals surface area contributed by atoms with E-state index < -0.39 is 0 Å². The summed E-state index contributed by atoms with van der Waals surface area (Å²) in [6, 6.07) is 0. The molecule has 0 heteroatoms. The molecule has 0 aromatic rings. The summed E-state index contributed by atoms with van der Waals surface area (Å²) in [5.74, 6) is 0. The zero-order valence-corrected chi connectivity index (χ0v) is 7.19. The highest BCUT2D eigenvalue weighted by Crippen LogP contribution is 1.93. The zero-order chi connectivity index (χ0) is 8.49. The van der Waals surface area contributed by atoms with Crippen LogP contribution >= 0.6 is 0 Å². The van der Waals surface area contributed by atoms with Gasteiger partial charge in [-0.15, -0.1) is 0 Å². The third kappa shape index (κ3) is 4.51. The lowest BCUT2D eigenvalue weighted by atomic mass is 10.2. The topological polar surface area (TPSA) is 0 Å². The quantitative estimate of drug-likeness (QED) is 0.505. The molecule has 12 heavy (non-hydrogen) atoms. The summed E-state index contributed by atoms with van der Waals surface area (Å²) in [7, 11) is 0. The lowest BCUT2D eigenvalue weighted by Gasteiger charge is -1.82. The molecule has 0 N–H and O–H groups in total. The van der Waals surface area contributed by atoms with Crippen molar-refractivity contribution in [2.75, 3.05) is 0 Å². The van der Waals surface area contributed by atoms with E-state index in [1.807, 2.05) is 0 Å². The van der Waals surface area contributed by atoms with Crippen molar-refractivity contribution in [1.29, 1.82) is 0 Å². The molecular formula is C12H14. The van der Waals surface area contributed by atoms with Crippen molar-refractivity contribution in [3.8, 4) is 0 Å². The average molecular weight is 158 g/mol. The number of hydrogen-bond donors (Lipinski definition) is 0. The molecule has 0 aromatic heterocycles. The SMILES string of the molecule is C1=CC/C=C/C=C\C/C=C/C=C\1. The van der Waals surface area contributed by atoms with Crippen molar-refractivity contribution in [3.63, 3.8) is 0 Å². The van der Waals surface area contributed by atoms with E-state index in [2.05, 4.69) is 60.8 Å². The minimum atomic E-state index is 1.01. The van der Waals surface area contributed by atoms with Crippen LogP contribution in [0.3, 0.4) is 0 Å². The van der Waals surface area contributed by atoms with E-state index in [1.54, 1.807) is 0 Å². The summed E-state index contributed by atoms with van der Waals surface area (Å²) in [5.41, 5.74) is 0. The molecule has 0 aliphatic heterocycles. The van der Waals surface area contributed by atoms with Crippen LogP contribution in [0.2, 0.25) is 0 Å². The van der Waals surface area contributed by atoms with Crippen molar-refractivity contribution in [1.82, 2.24) is 0 Å². The fourth-order valence-electron chi connectivity index (χ4n) is 0.914. The Labute approximate surface area is 74.3 Å². The lowest BCUT2D eigenvalue weighted by molar-refractivity contribution is 1.37. The molecule has 1 rings (SSSR count). The highest BCUT2D eigenvalue weighted by Gasteiger charge is 1.71. The lowest BCUT2D eigenvalue weighted by Crippen LogP contribution is -1.61. The molecular weight excluding hydrogens is 144 g/mol. The number of hydrogen-bond acceptors (Lipinski definition) is 0. The molecule has 1 aliphatic carbocycles. The molecule has 0 spiro atoms. The number of rotatable bonds is 0. The standard InChI is InChI=1S/C12H14/c1-2-4-6-8-10-12-11-9-7-5-3-1/h1-6,9-12H,7-8H2/b2-1-,5-3+,6-4?,11-9-,12-10+. The molecule has 0 bridgehead atoms. The van der Waals surface area contributed by atoms with E-state index in [0.29, 0.717) is 0 Å². The molecule has 0 radical (unpaired) electrons. The predicted molar refractivity (Wildman–Crippen MR) is 54.9 cm³/mol. The maximum Gasteiger partial charge on any atom is -0.0163 e. The first-order chi connectivity index (χ1) is 6.00. The van der Waals surface area contributed by atoms with Crippen LogP contribution in [0, 0.1) is 0 Å². The van der Waals surface area contributed by atoms with Gasteiger partial charge in [-0.2, -0.15) is 0 Å². The van der Waals surface area contributed by atoms with Crippen molar-refractivity contribution in [2.24, 2.45) is 0 Å². The molecule has 0 fully saturated rings. The summed E-state index contributed by atoms with van der Waals surface area (Å²) >= 11 is 0. The van der Waals surface area contributed by atoms with Gasteiger partial charge < -0.3 is 0 Å². The van der Waals surface area contributed by atoms with Crippen LogP contribution in [0.25, 0.3) is 0 Å². The smallest absolute Gasteiger partial charge is 0.0163 e. The normalized spacial score (nSPS) is 28.0. The van der Waals surface area contributed by atoms with Gasteiger partial charge in [0.05, 0.1) is 0 Å². The van der Waals surface area contributed by atoms with Crippen LogP contribution in [0.4, 0.5) is 0 Å². The Bertz CT molecular complexity index is 211. The van der Waals surface area contributed by atoms with E-state index in [1.165, 1.54) is 0 Å². The highest BCUT2D eigenvalue weighted by atomic mass is 13.8. The summed E-state index contributed by atoms with van der Waals surface area (Å²) in [5, 5.41) is 0. The first kappa shape index (κ1) is 8.79. The summed E-state index contributed by atoms with van der Waals surface area (Å²) in [6.07, 6.45) is 23.0. The second kappa shape index (κ2) is 6.41. The Morgan fingerprint density at radius 1 is 0.417 bits per heavy atom. The molecule has 0 aromatic carbocycles. The van der Waals surface area contributed by atoms with Gasteiger partial charge in [-0.25, -0.2) is 0 Å². The first-order valence-corrected chi connectivity index (χ1v) is 4.30. The van der Waals surface area contributed by atoms with Crippen LogP contribution in [0.5, 0.6) is 0 Å². The van der Waals surface area contributed by atoms with Crippen LogP contribution in [-0.4, -0.2) is 0 Å². The van der Waals surface area contributed by atoms with Crippen molar-refractivity contribution >= 4 is 0 Å². The van der Waals surface area contributed by atoms with E-state index in [9.17, 15) is 0 Å². The Balaban J connectivity index is 2.55. The Kier molecular flexibility index (Phi) is 4.70. The largest absolute Gasteiger partial charge is 0.0808 e. The Hall–Kier alpha value is -1.30. The average Bonchev–Trinajstić information content (AvgIpc) is 2.05. The van der Waals surface area contributed by atoms with Gasteiger partial charge in [0.25, 0.3) is 0 Å². The van der Waals surface area contributed by atoms with Gasteiger partial charge in [-0.3, -0.25) is 0 Å². The van der Waals surface area contributed by atoms with Crippen LogP contribution in [-0.2, 0) is 0 Å². The van der Waals surface area contributed by atoms with Crippen LogP contribution in [0.1, 0.15) is 12.8 Å². The van der Waals surface area contributed by atoms with E-state index in [-0.39, 0.29) is 0 Å². The Morgan fingerprint density at radius 3 is 1.17 bits per heavy atom. The first-order valence-electron chi connectivity index (χ1n) is 4.30. The van der Waals surface area contributed by atoms with Crippen LogP contribution in [0.15, 0.2) is 60.8 Å². The summed E-state index contributed by atoms with van der Waals surface area (Å²) in [6.45, 7) is 0. The molecule has 0 amide bonds.